The van der Waals surface area contributed by atoms with Crippen molar-refractivity contribution in [1.82, 2.24) is 20.4 Å². The van der Waals surface area contributed by atoms with Crippen LogP contribution in [0.3, 0.4) is 0 Å². The summed E-state index contributed by atoms with van der Waals surface area (Å²) >= 11 is 0. The summed E-state index contributed by atoms with van der Waals surface area (Å²) in [6.45, 7) is 4.21. The molecule has 0 saturated heterocycles. The van der Waals surface area contributed by atoms with Crippen LogP contribution in [0.1, 0.15) is 38.9 Å². The molecule has 0 bridgehead atoms. The lowest BCUT2D eigenvalue weighted by Crippen LogP contribution is -2.37. The summed E-state index contributed by atoms with van der Waals surface area (Å²) in [6.07, 6.45) is 2.19. The third-order valence-corrected chi connectivity index (χ3v) is 4.87. The number of aromatic nitrogens is 2. The Morgan fingerprint density at radius 1 is 1.00 bits per heavy atom. The Hall–Kier alpha value is -3.94. The van der Waals surface area contributed by atoms with Crippen LogP contribution in [0.5, 0.6) is 0 Å². The second-order valence-corrected chi connectivity index (χ2v) is 7.09. The number of hydrogen-bond acceptors (Lipinski definition) is 5. The number of nitrogens with zero attached hydrogens (tertiary/aromatic N) is 2. The van der Waals surface area contributed by atoms with E-state index in [1.807, 2.05) is 30.3 Å². The minimum atomic E-state index is -0.422. The Morgan fingerprint density at radius 2 is 1.72 bits per heavy atom. The van der Waals surface area contributed by atoms with Gasteiger partial charge in [-0.05, 0) is 50.1 Å². The van der Waals surface area contributed by atoms with Crippen molar-refractivity contribution >= 4 is 17.8 Å². The van der Waals surface area contributed by atoms with Gasteiger partial charge in [-0.25, -0.2) is 9.48 Å². The fraction of sp³-hybridized carbons (Fsp3) is 0.250. The van der Waals surface area contributed by atoms with Gasteiger partial charge in [0.05, 0.1) is 30.7 Å². The van der Waals surface area contributed by atoms with E-state index >= 15 is 0 Å². The summed E-state index contributed by atoms with van der Waals surface area (Å²) in [4.78, 5) is 36.3. The molecule has 2 amide bonds. The van der Waals surface area contributed by atoms with Crippen LogP contribution in [0.25, 0.3) is 5.69 Å². The second kappa shape index (κ2) is 10.9. The number of amides is 2. The van der Waals surface area contributed by atoms with E-state index in [0.717, 1.165) is 12.0 Å². The van der Waals surface area contributed by atoms with Crippen LogP contribution in [0, 0.1) is 6.92 Å². The van der Waals surface area contributed by atoms with Crippen molar-refractivity contribution in [3.05, 3.63) is 83.2 Å². The van der Waals surface area contributed by atoms with Crippen LogP contribution in [-0.4, -0.2) is 47.3 Å². The Morgan fingerprint density at radius 3 is 2.41 bits per heavy atom. The lowest BCUT2D eigenvalue weighted by Gasteiger charge is -2.09. The Bertz CT molecular complexity index is 1080. The smallest absolute Gasteiger partial charge is 0.341 e. The van der Waals surface area contributed by atoms with Gasteiger partial charge in [0.2, 0.25) is 5.91 Å². The van der Waals surface area contributed by atoms with Crippen LogP contribution < -0.4 is 10.6 Å². The van der Waals surface area contributed by atoms with Gasteiger partial charge in [0.15, 0.2) is 0 Å². The van der Waals surface area contributed by atoms with E-state index in [-0.39, 0.29) is 25.0 Å². The Labute approximate surface area is 186 Å². The van der Waals surface area contributed by atoms with E-state index in [1.165, 1.54) is 6.20 Å². The van der Waals surface area contributed by atoms with E-state index in [0.29, 0.717) is 29.1 Å². The first-order valence-corrected chi connectivity index (χ1v) is 10.4. The topological polar surface area (TPSA) is 102 Å². The number of benzene rings is 2. The number of ether oxygens (including phenoxy) is 1. The third kappa shape index (κ3) is 5.81. The normalized spacial score (nSPS) is 10.4. The monoisotopic (exact) mass is 434 g/mol. The summed E-state index contributed by atoms with van der Waals surface area (Å²) < 4.78 is 6.63. The molecule has 8 heteroatoms. The van der Waals surface area contributed by atoms with Crippen molar-refractivity contribution in [3.63, 3.8) is 0 Å². The maximum atomic E-state index is 12.3. The summed E-state index contributed by atoms with van der Waals surface area (Å²) in [6, 6.07) is 16.6. The second-order valence-electron chi connectivity index (χ2n) is 7.09. The Kier molecular flexibility index (Phi) is 7.75. The molecule has 0 unspecified atom stereocenters. The van der Waals surface area contributed by atoms with Gasteiger partial charge in [-0.1, -0.05) is 30.3 Å². The molecule has 8 nitrogen and oxygen atoms in total. The summed E-state index contributed by atoms with van der Waals surface area (Å²) in [5.41, 5.74) is 3.30. The fourth-order valence-corrected chi connectivity index (χ4v) is 3.15. The summed E-state index contributed by atoms with van der Waals surface area (Å²) in [5, 5.41) is 9.64. The minimum absolute atomic E-state index is 0.101. The van der Waals surface area contributed by atoms with Gasteiger partial charge < -0.3 is 15.4 Å². The van der Waals surface area contributed by atoms with Gasteiger partial charge in [0.25, 0.3) is 5.91 Å². The predicted molar refractivity (Wildman–Crippen MR) is 120 cm³/mol. The molecule has 166 valence electrons. The zero-order valence-corrected chi connectivity index (χ0v) is 18.1. The molecule has 0 radical (unpaired) electrons. The molecule has 0 aliphatic heterocycles. The highest BCUT2D eigenvalue weighted by atomic mass is 16.5. The molecule has 1 heterocycles. The van der Waals surface area contributed by atoms with Gasteiger partial charge in [-0.2, -0.15) is 5.10 Å². The van der Waals surface area contributed by atoms with E-state index < -0.39 is 5.97 Å². The molecule has 32 heavy (non-hydrogen) atoms. The van der Waals surface area contributed by atoms with Crippen LogP contribution in [-0.2, 0) is 16.0 Å². The number of carbonyl (C=O) groups excluding carboxylic acids is 3. The van der Waals surface area contributed by atoms with Gasteiger partial charge >= 0.3 is 5.97 Å². The summed E-state index contributed by atoms with van der Waals surface area (Å²) in [5.74, 6) is -1.02. The van der Waals surface area contributed by atoms with Crippen LogP contribution >= 0.6 is 0 Å². The van der Waals surface area contributed by atoms with Gasteiger partial charge in [0.1, 0.15) is 5.56 Å². The molecule has 0 atom stereocenters. The lowest BCUT2D eigenvalue weighted by atomic mass is 10.1. The molecule has 2 aromatic carbocycles. The SMILES string of the molecule is CCOC(=O)c1cnn(-c2ccc(C(=O)NCC(=O)NCCc3ccccc3)cc2)c1C. The molecule has 2 N–H and O–H groups in total. The molecular weight excluding hydrogens is 408 g/mol. The maximum Gasteiger partial charge on any atom is 0.341 e. The molecule has 0 aliphatic carbocycles. The fourth-order valence-electron chi connectivity index (χ4n) is 3.15. The molecule has 3 aromatic rings. The predicted octanol–water partition coefficient (Wildman–Crippen LogP) is 2.45. The number of nitrogens with one attached hydrogen (secondary N) is 2. The highest BCUT2D eigenvalue weighted by Gasteiger charge is 2.16. The highest BCUT2D eigenvalue weighted by Crippen LogP contribution is 2.16. The van der Waals surface area contributed by atoms with Gasteiger partial charge in [-0.15, -0.1) is 0 Å². The molecule has 0 spiro atoms. The van der Waals surface area contributed by atoms with E-state index in [4.69, 9.17) is 4.74 Å². The van der Waals surface area contributed by atoms with E-state index in [1.54, 1.807) is 42.8 Å². The number of rotatable bonds is 9. The molecule has 1 aromatic heterocycles. The zero-order chi connectivity index (χ0) is 22.9. The number of esters is 1. The molecular formula is C24H26N4O4. The average molecular weight is 434 g/mol. The third-order valence-electron chi connectivity index (χ3n) is 4.87. The number of carbonyl (C=O) groups is 3. The van der Waals surface area contributed by atoms with Crippen LogP contribution in [0.2, 0.25) is 0 Å². The van der Waals surface area contributed by atoms with Crippen molar-refractivity contribution in [2.45, 2.75) is 20.3 Å². The zero-order valence-electron chi connectivity index (χ0n) is 18.1. The first-order valence-electron chi connectivity index (χ1n) is 10.4. The van der Waals surface area contributed by atoms with Crippen LogP contribution in [0.4, 0.5) is 0 Å². The minimum Gasteiger partial charge on any atom is -0.462 e. The van der Waals surface area contributed by atoms with Crippen molar-refractivity contribution in [2.75, 3.05) is 19.7 Å². The van der Waals surface area contributed by atoms with Crippen molar-refractivity contribution in [1.29, 1.82) is 0 Å². The molecule has 0 aliphatic rings. The van der Waals surface area contributed by atoms with Crippen molar-refractivity contribution in [3.8, 4) is 5.69 Å². The lowest BCUT2D eigenvalue weighted by molar-refractivity contribution is -0.120. The summed E-state index contributed by atoms with van der Waals surface area (Å²) in [7, 11) is 0. The molecule has 0 fully saturated rings. The quantitative estimate of drug-likeness (QED) is 0.504. The first-order chi connectivity index (χ1) is 15.5. The number of hydrogen-bond donors (Lipinski definition) is 2. The molecule has 0 saturated carbocycles. The van der Waals surface area contributed by atoms with Crippen LogP contribution in [0.15, 0.2) is 60.8 Å². The molecule has 3 rings (SSSR count). The Balaban J connectivity index is 1.51. The van der Waals surface area contributed by atoms with E-state index in [9.17, 15) is 14.4 Å². The standard InChI is InChI=1S/C24H26N4O4/c1-3-32-24(31)21-15-27-28(17(21)2)20-11-9-19(10-12-20)23(30)26-16-22(29)25-14-13-18-7-5-4-6-8-18/h4-12,15H,3,13-14,16H2,1-2H3,(H,25,29)(H,26,30). The van der Waals surface area contributed by atoms with Crippen molar-refractivity contribution in [2.24, 2.45) is 0 Å². The van der Waals surface area contributed by atoms with Gasteiger partial charge in [0, 0.05) is 12.1 Å². The first kappa shape index (κ1) is 22.7. The van der Waals surface area contributed by atoms with E-state index in [2.05, 4.69) is 15.7 Å². The van der Waals surface area contributed by atoms with Gasteiger partial charge in [-0.3, -0.25) is 9.59 Å². The van der Waals surface area contributed by atoms with Crippen molar-refractivity contribution < 1.29 is 19.1 Å². The average Bonchev–Trinajstić information content (AvgIpc) is 3.20. The largest absolute Gasteiger partial charge is 0.462 e. The highest BCUT2D eigenvalue weighted by molar-refractivity contribution is 5.96. The maximum absolute atomic E-state index is 12.3.